The van der Waals surface area contributed by atoms with Crippen LogP contribution in [0, 0.1) is 5.92 Å². The van der Waals surface area contributed by atoms with Crippen LogP contribution >= 0.6 is 0 Å². The molecular weight excluding hydrogens is 240 g/mol. The maximum Gasteiger partial charge on any atom is 0.181 e. The van der Waals surface area contributed by atoms with Crippen molar-refractivity contribution in [1.29, 1.82) is 0 Å². The second-order valence-electron chi connectivity index (χ2n) is 4.97. The minimum absolute atomic E-state index is 0.278. The number of rotatable bonds is 4. The molecule has 1 fully saturated rings. The van der Waals surface area contributed by atoms with Crippen LogP contribution < -0.4 is 0 Å². The third-order valence-electron chi connectivity index (χ3n) is 3.74. The Hall–Kier alpha value is -1.42. The first-order valence-corrected chi connectivity index (χ1v) is 6.62. The highest BCUT2D eigenvalue weighted by Gasteiger charge is 2.42. The fourth-order valence-electron chi connectivity index (χ4n) is 2.97. The Labute approximate surface area is 113 Å². The average Bonchev–Trinajstić information content (AvgIpc) is 2.95. The van der Waals surface area contributed by atoms with Crippen LogP contribution in [0.1, 0.15) is 12.0 Å². The van der Waals surface area contributed by atoms with Gasteiger partial charge in [0.25, 0.3) is 0 Å². The third-order valence-corrected chi connectivity index (χ3v) is 3.74. The topological polar surface area (TPSA) is 38.7 Å². The Balaban J connectivity index is 1.97. The molecule has 3 atom stereocenters. The number of ether oxygens (including phenoxy) is 2. The van der Waals surface area contributed by atoms with E-state index in [9.17, 15) is 5.11 Å². The predicted octanol–water partition coefficient (Wildman–Crippen LogP) is 2.38. The second-order valence-corrected chi connectivity index (χ2v) is 4.97. The zero-order valence-electron chi connectivity index (χ0n) is 10.8. The standard InChI is InChI=1S/C16H18O3/c1-2-8-18-16-15-12(10-19-16)9-13(17)14(15)11-6-4-3-5-7-11/h2-7,12-13,16-17H,1,8-10H2/t12-,13+,16-/m1/s1. The molecule has 0 aromatic heterocycles. The number of benzene rings is 1. The monoisotopic (exact) mass is 258 g/mol. The third kappa shape index (κ3) is 2.25. The van der Waals surface area contributed by atoms with Crippen LogP contribution in [0.2, 0.25) is 0 Å². The minimum Gasteiger partial charge on any atom is -0.388 e. The number of hydrogen-bond acceptors (Lipinski definition) is 3. The van der Waals surface area contributed by atoms with Gasteiger partial charge >= 0.3 is 0 Å². The first-order chi connectivity index (χ1) is 9.31. The molecule has 1 aliphatic carbocycles. The average molecular weight is 258 g/mol. The van der Waals surface area contributed by atoms with E-state index in [4.69, 9.17) is 9.47 Å². The molecule has 0 unspecified atom stereocenters. The van der Waals surface area contributed by atoms with E-state index in [-0.39, 0.29) is 12.2 Å². The molecular formula is C16H18O3. The fraction of sp³-hybridized carbons (Fsp3) is 0.375. The quantitative estimate of drug-likeness (QED) is 0.843. The Kier molecular flexibility index (Phi) is 3.51. The highest BCUT2D eigenvalue weighted by Crippen LogP contribution is 2.44. The molecule has 1 heterocycles. The number of aliphatic hydroxyl groups is 1. The molecule has 0 amide bonds. The first-order valence-electron chi connectivity index (χ1n) is 6.62. The Bertz CT molecular complexity index is 492. The lowest BCUT2D eigenvalue weighted by molar-refractivity contribution is -0.0848. The van der Waals surface area contributed by atoms with Crippen molar-refractivity contribution in [1.82, 2.24) is 0 Å². The van der Waals surface area contributed by atoms with Crippen molar-refractivity contribution in [2.45, 2.75) is 18.8 Å². The first kappa shape index (κ1) is 12.6. The fourth-order valence-corrected chi connectivity index (χ4v) is 2.97. The molecule has 0 spiro atoms. The zero-order chi connectivity index (χ0) is 13.2. The van der Waals surface area contributed by atoms with E-state index in [1.807, 2.05) is 30.3 Å². The van der Waals surface area contributed by atoms with Gasteiger partial charge in [-0.15, -0.1) is 6.58 Å². The number of fused-ring (bicyclic) bond motifs is 1. The van der Waals surface area contributed by atoms with E-state index in [0.29, 0.717) is 13.2 Å². The van der Waals surface area contributed by atoms with E-state index in [1.54, 1.807) is 6.08 Å². The van der Waals surface area contributed by atoms with Crippen molar-refractivity contribution in [3.05, 3.63) is 54.1 Å². The molecule has 3 nitrogen and oxygen atoms in total. The van der Waals surface area contributed by atoms with Crippen LogP contribution in [0.4, 0.5) is 0 Å². The van der Waals surface area contributed by atoms with Gasteiger partial charge in [0.2, 0.25) is 0 Å². The van der Waals surface area contributed by atoms with Gasteiger partial charge in [-0.2, -0.15) is 0 Å². The molecule has 1 saturated heterocycles. The Morgan fingerprint density at radius 2 is 2.16 bits per heavy atom. The lowest BCUT2D eigenvalue weighted by Gasteiger charge is -2.16. The van der Waals surface area contributed by atoms with Crippen LogP contribution in [0.25, 0.3) is 5.57 Å². The van der Waals surface area contributed by atoms with Crippen molar-refractivity contribution in [2.24, 2.45) is 5.92 Å². The van der Waals surface area contributed by atoms with Gasteiger partial charge in [-0.3, -0.25) is 0 Å². The van der Waals surface area contributed by atoms with Crippen LogP contribution in [-0.4, -0.2) is 30.7 Å². The Morgan fingerprint density at radius 1 is 1.37 bits per heavy atom. The van der Waals surface area contributed by atoms with Crippen LogP contribution in [0.5, 0.6) is 0 Å². The normalized spacial score (nSPS) is 29.6. The van der Waals surface area contributed by atoms with Crippen molar-refractivity contribution >= 4 is 5.57 Å². The van der Waals surface area contributed by atoms with Crippen LogP contribution in [0.3, 0.4) is 0 Å². The molecule has 1 aromatic rings. The van der Waals surface area contributed by atoms with Gasteiger partial charge in [0.05, 0.1) is 19.3 Å². The molecule has 3 rings (SSSR count). The molecule has 1 aromatic carbocycles. The summed E-state index contributed by atoms with van der Waals surface area (Å²) in [6.07, 6.45) is 1.69. The summed E-state index contributed by atoms with van der Waals surface area (Å²) in [5.41, 5.74) is 3.16. The minimum atomic E-state index is -0.416. The van der Waals surface area contributed by atoms with Crippen molar-refractivity contribution in [3.63, 3.8) is 0 Å². The largest absolute Gasteiger partial charge is 0.388 e. The summed E-state index contributed by atoms with van der Waals surface area (Å²) in [7, 11) is 0. The summed E-state index contributed by atoms with van der Waals surface area (Å²) in [5.74, 6) is 0.278. The lowest BCUT2D eigenvalue weighted by Crippen LogP contribution is -2.15. The van der Waals surface area contributed by atoms with Gasteiger partial charge in [0.1, 0.15) is 0 Å². The molecule has 100 valence electrons. The van der Waals surface area contributed by atoms with Gasteiger partial charge in [-0.25, -0.2) is 0 Å². The van der Waals surface area contributed by atoms with Gasteiger partial charge in [0.15, 0.2) is 6.29 Å². The molecule has 19 heavy (non-hydrogen) atoms. The molecule has 0 radical (unpaired) electrons. The van der Waals surface area contributed by atoms with Gasteiger partial charge < -0.3 is 14.6 Å². The molecule has 0 saturated carbocycles. The summed E-state index contributed by atoms with van der Waals surface area (Å²) in [6.45, 7) is 4.74. The smallest absolute Gasteiger partial charge is 0.181 e. The van der Waals surface area contributed by atoms with Crippen molar-refractivity contribution in [3.8, 4) is 0 Å². The SMILES string of the molecule is C=CCO[C@@H]1OC[C@H]2C[C@H](O)C(c3ccccc3)=C21. The summed E-state index contributed by atoms with van der Waals surface area (Å²) in [6, 6.07) is 9.99. The van der Waals surface area contributed by atoms with E-state index in [2.05, 4.69) is 6.58 Å². The maximum atomic E-state index is 10.3. The number of aliphatic hydroxyl groups excluding tert-OH is 1. The van der Waals surface area contributed by atoms with Gasteiger partial charge in [0, 0.05) is 5.92 Å². The summed E-state index contributed by atoms with van der Waals surface area (Å²) >= 11 is 0. The van der Waals surface area contributed by atoms with E-state index in [1.165, 1.54) is 0 Å². The van der Waals surface area contributed by atoms with Crippen LogP contribution in [-0.2, 0) is 9.47 Å². The van der Waals surface area contributed by atoms with Crippen molar-refractivity contribution < 1.29 is 14.6 Å². The highest BCUT2D eigenvalue weighted by atomic mass is 16.7. The second kappa shape index (κ2) is 5.29. The molecule has 1 aliphatic heterocycles. The summed E-state index contributed by atoms with van der Waals surface area (Å²) in [4.78, 5) is 0. The molecule has 0 bridgehead atoms. The zero-order valence-corrected chi connectivity index (χ0v) is 10.8. The summed E-state index contributed by atoms with van der Waals surface area (Å²) in [5, 5.41) is 10.3. The van der Waals surface area contributed by atoms with Crippen LogP contribution in [0.15, 0.2) is 48.6 Å². The van der Waals surface area contributed by atoms with E-state index >= 15 is 0 Å². The lowest BCUT2D eigenvalue weighted by atomic mass is 9.99. The highest BCUT2D eigenvalue weighted by molar-refractivity contribution is 5.75. The predicted molar refractivity (Wildman–Crippen MR) is 73.4 cm³/mol. The summed E-state index contributed by atoms with van der Waals surface area (Å²) < 4.78 is 11.3. The number of hydrogen-bond donors (Lipinski definition) is 1. The van der Waals surface area contributed by atoms with Gasteiger partial charge in [-0.1, -0.05) is 36.4 Å². The molecule has 1 N–H and O–H groups in total. The van der Waals surface area contributed by atoms with E-state index < -0.39 is 6.10 Å². The Morgan fingerprint density at radius 3 is 2.89 bits per heavy atom. The van der Waals surface area contributed by atoms with E-state index in [0.717, 1.165) is 23.1 Å². The van der Waals surface area contributed by atoms with Crippen molar-refractivity contribution in [2.75, 3.05) is 13.2 Å². The van der Waals surface area contributed by atoms with Gasteiger partial charge in [-0.05, 0) is 23.1 Å². The molecule has 2 aliphatic rings. The molecule has 3 heteroatoms. The maximum absolute atomic E-state index is 10.3.